The molecule has 0 aliphatic rings. The molecular weight excluding hydrogens is 266 g/mol. The van der Waals surface area contributed by atoms with Gasteiger partial charge in [0.2, 0.25) is 0 Å². The van der Waals surface area contributed by atoms with Crippen LogP contribution in [0.4, 0.5) is 5.69 Å². The smallest absolute Gasteiger partial charge is 0.262 e. The highest BCUT2D eigenvalue weighted by Crippen LogP contribution is 2.18. The molecule has 4 nitrogen and oxygen atoms in total. The van der Waals surface area contributed by atoms with Gasteiger partial charge in [0.05, 0.1) is 0 Å². The molecule has 0 bridgehead atoms. The lowest BCUT2D eigenvalue weighted by Crippen LogP contribution is -2.20. The van der Waals surface area contributed by atoms with Gasteiger partial charge in [-0.1, -0.05) is 24.3 Å². The van der Waals surface area contributed by atoms with Crippen LogP contribution < -0.4 is 10.1 Å². The highest BCUT2D eigenvalue weighted by Gasteiger charge is 2.07. The largest absolute Gasteiger partial charge is 0.484 e. The Bertz CT molecular complexity index is 665. The van der Waals surface area contributed by atoms with Crippen LogP contribution >= 0.6 is 0 Å². The molecule has 0 saturated heterocycles. The van der Waals surface area contributed by atoms with E-state index in [1.165, 1.54) is 0 Å². The molecule has 21 heavy (non-hydrogen) atoms. The standard InChI is InChI=1S/C17H17NO3/c1-12-5-3-8-16(13(12)2)18-17(20)11-21-15-7-4-6-14(9-15)10-19/h3-10H,11H2,1-2H3,(H,18,20). The minimum atomic E-state index is -0.236. The van der Waals surface area contributed by atoms with Crippen molar-refractivity contribution in [3.63, 3.8) is 0 Å². The third-order valence-corrected chi connectivity index (χ3v) is 3.24. The first-order valence-electron chi connectivity index (χ1n) is 6.64. The molecule has 2 aromatic carbocycles. The third kappa shape index (κ3) is 3.92. The monoisotopic (exact) mass is 283 g/mol. The first-order chi connectivity index (χ1) is 10.1. The minimum absolute atomic E-state index is 0.101. The third-order valence-electron chi connectivity index (χ3n) is 3.24. The van der Waals surface area contributed by atoms with Crippen molar-refractivity contribution in [1.29, 1.82) is 0 Å². The van der Waals surface area contributed by atoms with Crippen LogP contribution in [0, 0.1) is 13.8 Å². The molecule has 0 spiro atoms. The zero-order valence-corrected chi connectivity index (χ0v) is 12.1. The fourth-order valence-corrected chi connectivity index (χ4v) is 1.90. The number of rotatable bonds is 5. The number of aldehydes is 1. The normalized spacial score (nSPS) is 10.0. The van der Waals surface area contributed by atoms with Crippen molar-refractivity contribution in [2.75, 3.05) is 11.9 Å². The Kier molecular flexibility index (Phi) is 4.72. The summed E-state index contributed by atoms with van der Waals surface area (Å²) in [7, 11) is 0. The number of amides is 1. The number of benzene rings is 2. The van der Waals surface area contributed by atoms with Crippen LogP contribution in [0.5, 0.6) is 5.75 Å². The van der Waals surface area contributed by atoms with Crippen LogP contribution in [0.1, 0.15) is 21.5 Å². The van der Waals surface area contributed by atoms with E-state index >= 15 is 0 Å². The van der Waals surface area contributed by atoms with Crippen LogP contribution in [-0.2, 0) is 4.79 Å². The second-order valence-electron chi connectivity index (χ2n) is 4.77. The molecule has 1 amide bonds. The van der Waals surface area contributed by atoms with Crippen LogP contribution in [0.15, 0.2) is 42.5 Å². The number of carbonyl (C=O) groups excluding carboxylic acids is 2. The Morgan fingerprint density at radius 2 is 1.95 bits per heavy atom. The van der Waals surface area contributed by atoms with E-state index in [-0.39, 0.29) is 12.5 Å². The quantitative estimate of drug-likeness (QED) is 0.858. The number of nitrogens with one attached hydrogen (secondary N) is 1. The summed E-state index contributed by atoms with van der Waals surface area (Å²) in [5, 5.41) is 2.82. The van der Waals surface area contributed by atoms with Crippen LogP contribution in [0.25, 0.3) is 0 Å². The first-order valence-corrected chi connectivity index (χ1v) is 6.64. The van der Waals surface area contributed by atoms with E-state index in [0.717, 1.165) is 23.1 Å². The molecule has 0 fully saturated rings. The lowest BCUT2D eigenvalue weighted by molar-refractivity contribution is -0.118. The van der Waals surface area contributed by atoms with Gasteiger partial charge < -0.3 is 10.1 Å². The lowest BCUT2D eigenvalue weighted by atomic mass is 10.1. The van der Waals surface area contributed by atoms with Gasteiger partial charge >= 0.3 is 0 Å². The van der Waals surface area contributed by atoms with Gasteiger partial charge in [-0.3, -0.25) is 9.59 Å². The maximum atomic E-state index is 11.9. The SMILES string of the molecule is Cc1cccc(NC(=O)COc2cccc(C=O)c2)c1C. The maximum Gasteiger partial charge on any atom is 0.262 e. The minimum Gasteiger partial charge on any atom is -0.484 e. The van der Waals surface area contributed by atoms with Crippen molar-refractivity contribution in [1.82, 2.24) is 0 Å². The first kappa shape index (κ1) is 14.8. The molecule has 0 radical (unpaired) electrons. The summed E-state index contributed by atoms with van der Waals surface area (Å²) in [5.74, 6) is 0.260. The summed E-state index contributed by atoms with van der Waals surface area (Å²) in [6.07, 6.45) is 0.739. The number of hydrogen-bond acceptors (Lipinski definition) is 3. The average Bonchev–Trinajstić information content (AvgIpc) is 2.50. The Labute approximate surface area is 123 Å². The Morgan fingerprint density at radius 3 is 2.71 bits per heavy atom. The summed E-state index contributed by atoms with van der Waals surface area (Å²) in [6.45, 7) is 3.85. The zero-order valence-electron chi connectivity index (χ0n) is 12.1. The van der Waals surface area contributed by atoms with E-state index in [0.29, 0.717) is 11.3 Å². The van der Waals surface area contributed by atoms with E-state index in [2.05, 4.69) is 5.32 Å². The molecule has 108 valence electrons. The predicted molar refractivity (Wildman–Crippen MR) is 81.9 cm³/mol. The second kappa shape index (κ2) is 6.70. The molecule has 4 heteroatoms. The van der Waals surface area contributed by atoms with Gasteiger partial charge in [-0.2, -0.15) is 0 Å². The zero-order chi connectivity index (χ0) is 15.2. The van der Waals surface area contributed by atoms with Gasteiger partial charge in [-0.25, -0.2) is 0 Å². The molecule has 2 aromatic rings. The Balaban J connectivity index is 1.96. The molecule has 0 saturated carbocycles. The van der Waals surface area contributed by atoms with E-state index in [9.17, 15) is 9.59 Å². The molecule has 0 aliphatic carbocycles. The summed E-state index contributed by atoms with van der Waals surface area (Å²) in [5.41, 5.74) is 3.45. The van der Waals surface area contributed by atoms with Crippen LogP contribution in [0.2, 0.25) is 0 Å². The lowest BCUT2D eigenvalue weighted by Gasteiger charge is -2.11. The van der Waals surface area contributed by atoms with E-state index in [4.69, 9.17) is 4.74 Å². The van der Waals surface area contributed by atoms with Crippen molar-refractivity contribution in [3.8, 4) is 5.75 Å². The van der Waals surface area contributed by atoms with Gasteiger partial charge in [0, 0.05) is 11.3 Å². The van der Waals surface area contributed by atoms with Crippen LogP contribution in [0.3, 0.4) is 0 Å². The van der Waals surface area contributed by atoms with Crippen molar-refractivity contribution >= 4 is 17.9 Å². The van der Waals surface area contributed by atoms with Gasteiger partial charge in [0.25, 0.3) is 5.91 Å². The molecule has 0 aromatic heterocycles. The topological polar surface area (TPSA) is 55.4 Å². The Morgan fingerprint density at radius 1 is 1.19 bits per heavy atom. The summed E-state index contributed by atoms with van der Waals surface area (Å²) < 4.78 is 5.38. The van der Waals surface area contributed by atoms with Gasteiger partial charge in [-0.05, 0) is 43.2 Å². The van der Waals surface area contributed by atoms with E-state index in [1.807, 2.05) is 32.0 Å². The second-order valence-corrected chi connectivity index (χ2v) is 4.77. The van der Waals surface area contributed by atoms with Crippen molar-refractivity contribution in [2.45, 2.75) is 13.8 Å². The fraction of sp³-hybridized carbons (Fsp3) is 0.176. The molecule has 0 atom stereocenters. The fourth-order valence-electron chi connectivity index (χ4n) is 1.90. The summed E-state index contributed by atoms with van der Waals surface area (Å²) in [6, 6.07) is 12.4. The van der Waals surface area contributed by atoms with Gasteiger partial charge in [-0.15, -0.1) is 0 Å². The van der Waals surface area contributed by atoms with Crippen molar-refractivity contribution < 1.29 is 14.3 Å². The molecule has 2 rings (SSSR count). The van der Waals surface area contributed by atoms with E-state index < -0.39 is 0 Å². The molecule has 0 heterocycles. The van der Waals surface area contributed by atoms with Crippen molar-refractivity contribution in [3.05, 3.63) is 59.2 Å². The highest BCUT2D eigenvalue weighted by atomic mass is 16.5. The number of anilines is 1. The molecular formula is C17H17NO3. The molecule has 1 N–H and O–H groups in total. The van der Waals surface area contributed by atoms with Gasteiger partial charge in [0.1, 0.15) is 12.0 Å². The van der Waals surface area contributed by atoms with E-state index in [1.54, 1.807) is 24.3 Å². The number of ether oxygens (including phenoxy) is 1. The Hall–Kier alpha value is -2.62. The highest BCUT2D eigenvalue weighted by molar-refractivity contribution is 5.92. The molecule has 0 unspecified atom stereocenters. The van der Waals surface area contributed by atoms with Crippen LogP contribution in [-0.4, -0.2) is 18.8 Å². The average molecular weight is 283 g/mol. The number of hydrogen-bond donors (Lipinski definition) is 1. The molecule has 0 aliphatic heterocycles. The summed E-state index contributed by atoms with van der Waals surface area (Å²) in [4.78, 5) is 22.6. The number of carbonyl (C=O) groups is 2. The van der Waals surface area contributed by atoms with Crippen molar-refractivity contribution in [2.24, 2.45) is 0 Å². The van der Waals surface area contributed by atoms with Gasteiger partial charge in [0.15, 0.2) is 6.61 Å². The maximum absolute atomic E-state index is 11.9. The number of aryl methyl sites for hydroxylation is 1. The predicted octanol–water partition coefficient (Wildman–Crippen LogP) is 3.13. The summed E-state index contributed by atoms with van der Waals surface area (Å²) >= 11 is 0.